The zero-order valence-electron chi connectivity index (χ0n) is 16.3. The molecular weight excluding hydrogens is 368 g/mol. The average Bonchev–Trinajstić information content (AvgIpc) is 2.83. The van der Waals surface area contributed by atoms with E-state index in [1.165, 1.54) is 0 Å². The number of rotatable bonds is 6. The molecule has 3 nitrogen and oxygen atoms in total. The summed E-state index contributed by atoms with van der Waals surface area (Å²) < 4.78 is 0. The number of allylic oxidation sites excluding steroid dienone is 1. The van der Waals surface area contributed by atoms with Crippen molar-refractivity contribution in [3.8, 4) is 0 Å². The Morgan fingerprint density at radius 1 is 0.500 bits per heavy atom. The van der Waals surface area contributed by atoms with Crippen LogP contribution in [-0.2, 0) is 0 Å². The Labute approximate surface area is 176 Å². The number of hydrogen-bond donors (Lipinski definition) is 0. The monoisotopic (exact) mass is 388 g/mol. The van der Waals surface area contributed by atoms with Crippen molar-refractivity contribution in [1.82, 2.24) is 0 Å². The van der Waals surface area contributed by atoms with E-state index in [2.05, 4.69) is 10.2 Å². The molecule has 0 heterocycles. The van der Waals surface area contributed by atoms with Crippen molar-refractivity contribution in [3.05, 3.63) is 144 Å². The van der Waals surface area contributed by atoms with Crippen LogP contribution >= 0.6 is 0 Å². The zero-order chi connectivity index (χ0) is 20.6. The Kier molecular flexibility index (Phi) is 6.02. The molecule has 3 heteroatoms. The molecule has 0 radical (unpaired) electrons. The Bertz CT molecular complexity index is 1130. The topological polar surface area (TPSA) is 41.8 Å². The van der Waals surface area contributed by atoms with Gasteiger partial charge in [-0.3, -0.25) is 4.79 Å². The number of benzene rings is 4. The van der Waals surface area contributed by atoms with E-state index in [1.54, 1.807) is 12.1 Å². The number of carbonyl (C=O) groups excluding carboxylic acids is 1. The Hall–Kier alpha value is -4.11. The van der Waals surface area contributed by atoms with Crippen molar-refractivity contribution < 1.29 is 4.79 Å². The van der Waals surface area contributed by atoms with E-state index in [0.717, 1.165) is 16.7 Å². The van der Waals surface area contributed by atoms with Crippen LogP contribution in [0.25, 0.3) is 5.57 Å². The second-order valence-electron chi connectivity index (χ2n) is 6.69. The predicted octanol–water partition coefficient (Wildman–Crippen LogP) is 7.11. The molecule has 144 valence electrons. The minimum Gasteiger partial charge on any atom is -0.287 e. The van der Waals surface area contributed by atoms with Crippen molar-refractivity contribution >= 4 is 17.0 Å². The number of hydrogen-bond acceptors (Lipinski definition) is 3. The van der Waals surface area contributed by atoms with Crippen LogP contribution in [0.3, 0.4) is 0 Å². The summed E-state index contributed by atoms with van der Waals surface area (Å²) in [6, 6.07) is 38.3. The average molecular weight is 388 g/mol. The van der Waals surface area contributed by atoms with Crippen LogP contribution < -0.4 is 0 Å². The van der Waals surface area contributed by atoms with Crippen molar-refractivity contribution in [2.75, 3.05) is 0 Å². The summed E-state index contributed by atoms with van der Waals surface area (Å²) in [6.07, 6.45) is 0. The molecule has 0 bridgehead atoms. The number of azo groups is 1. The van der Waals surface area contributed by atoms with E-state index in [1.807, 2.05) is 109 Å². The third kappa shape index (κ3) is 4.47. The lowest BCUT2D eigenvalue weighted by atomic mass is 9.93. The smallest absolute Gasteiger partial charge is 0.213 e. The molecule has 0 atom stereocenters. The molecule has 0 aliphatic carbocycles. The molecule has 4 rings (SSSR count). The van der Waals surface area contributed by atoms with Gasteiger partial charge in [0.05, 0.1) is 5.69 Å². The number of ketones is 1. The van der Waals surface area contributed by atoms with E-state index in [4.69, 9.17) is 0 Å². The number of Topliss-reactive ketones (excluding diaryl/α,β-unsaturated/α-hetero) is 1. The van der Waals surface area contributed by atoms with E-state index in [-0.39, 0.29) is 5.78 Å². The maximum Gasteiger partial charge on any atom is 0.213 e. The van der Waals surface area contributed by atoms with Gasteiger partial charge >= 0.3 is 0 Å². The summed E-state index contributed by atoms with van der Waals surface area (Å²) in [5, 5.41) is 8.85. The van der Waals surface area contributed by atoms with Gasteiger partial charge in [-0.15, -0.1) is 5.11 Å². The number of nitrogens with zero attached hydrogens (tertiary/aromatic N) is 2. The lowest BCUT2D eigenvalue weighted by Crippen LogP contribution is -2.05. The van der Waals surface area contributed by atoms with Gasteiger partial charge in [0, 0.05) is 11.1 Å². The van der Waals surface area contributed by atoms with Crippen LogP contribution in [0.2, 0.25) is 0 Å². The molecule has 0 aromatic heterocycles. The standard InChI is InChI=1S/C27H20N2O/c30-27(23-17-9-3-10-18-23)26(29-28-24-19-11-4-12-20-24)25(21-13-5-1-6-14-21)22-15-7-2-8-16-22/h1-20H. The van der Waals surface area contributed by atoms with Crippen molar-refractivity contribution in [2.24, 2.45) is 10.2 Å². The van der Waals surface area contributed by atoms with Gasteiger partial charge in [0.1, 0.15) is 5.70 Å². The quantitative estimate of drug-likeness (QED) is 0.197. The fraction of sp³-hybridized carbons (Fsp3) is 0. The molecule has 0 saturated heterocycles. The SMILES string of the molecule is O=C(C(N=Nc1ccccc1)=C(c1ccccc1)c1ccccc1)c1ccccc1. The van der Waals surface area contributed by atoms with Crippen molar-refractivity contribution in [3.63, 3.8) is 0 Å². The maximum absolute atomic E-state index is 13.5. The molecule has 0 aliphatic rings. The van der Waals surface area contributed by atoms with Gasteiger partial charge in [-0.05, 0) is 23.3 Å². The predicted molar refractivity (Wildman–Crippen MR) is 121 cm³/mol. The molecule has 0 aliphatic heterocycles. The van der Waals surface area contributed by atoms with Crippen LogP contribution in [0.5, 0.6) is 0 Å². The van der Waals surface area contributed by atoms with Gasteiger partial charge in [0.15, 0.2) is 0 Å². The molecule has 0 spiro atoms. The first-order chi connectivity index (χ1) is 14.8. The number of carbonyl (C=O) groups is 1. The van der Waals surface area contributed by atoms with Crippen LogP contribution in [0, 0.1) is 0 Å². The summed E-state index contributed by atoms with van der Waals surface area (Å²) in [6.45, 7) is 0. The second-order valence-corrected chi connectivity index (χ2v) is 6.69. The second kappa shape index (κ2) is 9.39. The summed E-state index contributed by atoms with van der Waals surface area (Å²) in [7, 11) is 0. The normalized spacial score (nSPS) is 10.7. The summed E-state index contributed by atoms with van der Waals surface area (Å²) in [5.74, 6) is -0.169. The molecule has 0 amide bonds. The van der Waals surface area contributed by atoms with Crippen molar-refractivity contribution in [2.45, 2.75) is 0 Å². The van der Waals surface area contributed by atoms with Gasteiger partial charge in [-0.1, -0.05) is 109 Å². The van der Waals surface area contributed by atoms with Crippen LogP contribution in [0.4, 0.5) is 5.69 Å². The highest BCUT2D eigenvalue weighted by Crippen LogP contribution is 2.30. The molecule has 4 aromatic rings. The lowest BCUT2D eigenvalue weighted by molar-refractivity contribution is 0.103. The van der Waals surface area contributed by atoms with Crippen LogP contribution in [0.1, 0.15) is 21.5 Å². The largest absolute Gasteiger partial charge is 0.287 e. The van der Waals surface area contributed by atoms with Gasteiger partial charge in [0.25, 0.3) is 0 Å². The third-order valence-electron chi connectivity index (χ3n) is 4.63. The van der Waals surface area contributed by atoms with Crippen LogP contribution in [-0.4, -0.2) is 5.78 Å². The molecule has 0 unspecified atom stereocenters. The molecule has 4 aromatic carbocycles. The van der Waals surface area contributed by atoms with Gasteiger partial charge in [-0.25, -0.2) is 0 Å². The van der Waals surface area contributed by atoms with E-state index in [9.17, 15) is 4.79 Å². The Balaban J connectivity index is 1.95. The first kappa shape index (κ1) is 19.2. The lowest BCUT2D eigenvalue weighted by Gasteiger charge is -2.12. The van der Waals surface area contributed by atoms with E-state index >= 15 is 0 Å². The summed E-state index contributed by atoms with van der Waals surface area (Å²) in [5.41, 5.74) is 4.15. The van der Waals surface area contributed by atoms with Crippen LogP contribution in [0.15, 0.2) is 137 Å². The molecule has 0 fully saturated rings. The van der Waals surface area contributed by atoms with E-state index < -0.39 is 0 Å². The van der Waals surface area contributed by atoms with Gasteiger partial charge in [-0.2, -0.15) is 5.11 Å². The van der Waals surface area contributed by atoms with Gasteiger partial charge in [0.2, 0.25) is 5.78 Å². The summed E-state index contributed by atoms with van der Waals surface area (Å²) >= 11 is 0. The fourth-order valence-electron chi connectivity index (χ4n) is 3.19. The van der Waals surface area contributed by atoms with E-state index in [0.29, 0.717) is 16.9 Å². The fourth-order valence-corrected chi connectivity index (χ4v) is 3.19. The highest BCUT2D eigenvalue weighted by atomic mass is 16.1. The Morgan fingerprint density at radius 3 is 1.37 bits per heavy atom. The zero-order valence-corrected chi connectivity index (χ0v) is 16.3. The highest BCUT2D eigenvalue weighted by Gasteiger charge is 2.20. The molecule has 0 N–H and O–H groups in total. The van der Waals surface area contributed by atoms with Crippen molar-refractivity contribution in [1.29, 1.82) is 0 Å². The first-order valence-corrected chi connectivity index (χ1v) is 9.74. The first-order valence-electron chi connectivity index (χ1n) is 9.74. The molecule has 30 heavy (non-hydrogen) atoms. The molecular formula is C27H20N2O. The highest BCUT2D eigenvalue weighted by molar-refractivity contribution is 6.14. The minimum absolute atomic E-state index is 0.169. The molecule has 0 saturated carbocycles. The minimum atomic E-state index is -0.169. The Morgan fingerprint density at radius 2 is 0.900 bits per heavy atom. The van der Waals surface area contributed by atoms with Gasteiger partial charge < -0.3 is 0 Å². The summed E-state index contributed by atoms with van der Waals surface area (Å²) in [4.78, 5) is 13.5. The third-order valence-corrected chi connectivity index (χ3v) is 4.63. The maximum atomic E-state index is 13.5.